The lowest BCUT2D eigenvalue weighted by Gasteiger charge is -2.05. The summed E-state index contributed by atoms with van der Waals surface area (Å²) in [5.74, 6) is -1.97. The first kappa shape index (κ1) is 17.5. The smallest absolute Gasteiger partial charge is 0.273 e. The van der Waals surface area contributed by atoms with Crippen molar-refractivity contribution in [2.75, 3.05) is 0 Å². The maximum Gasteiger partial charge on any atom is 0.273 e. The van der Waals surface area contributed by atoms with Gasteiger partial charge in [-0.1, -0.05) is 53.8 Å². The van der Waals surface area contributed by atoms with Gasteiger partial charge in [-0.2, -0.15) is 0 Å². The lowest BCUT2D eigenvalue weighted by molar-refractivity contribution is 0.0945. The van der Waals surface area contributed by atoms with Crippen molar-refractivity contribution in [2.24, 2.45) is 0 Å². The van der Waals surface area contributed by atoms with E-state index in [0.29, 0.717) is 6.54 Å². The summed E-state index contributed by atoms with van der Waals surface area (Å²) in [6.07, 6.45) is 5.30. The molecule has 0 unspecified atom stereocenters. The predicted octanol–water partition coefficient (Wildman–Crippen LogP) is 3.20. The van der Waals surface area contributed by atoms with Crippen LogP contribution in [0.4, 0.5) is 8.78 Å². The van der Waals surface area contributed by atoms with Crippen LogP contribution in [-0.4, -0.2) is 20.9 Å². The number of nitrogens with zero attached hydrogens (tertiary/aromatic N) is 3. The van der Waals surface area contributed by atoms with Gasteiger partial charge < -0.3 is 5.32 Å². The number of aromatic nitrogens is 3. The van der Waals surface area contributed by atoms with Gasteiger partial charge in [-0.05, 0) is 17.7 Å². The van der Waals surface area contributed by atoms with Crippen LogP contribution in [0.5, 0.6) is 0 Å². The molecule has 5 nitrogen and oxygen atoms in total. The Morgan fingerprint density at radius 3 is 2.54 bits per heavy atom. The maximum atomic E-state index is 13.6. The van der Waals surface area contributed by atoms with Crippen LogP contribution in [0, 0.1) is 11.6 Å². The first-order valence-electron chi connectivity index (χ1n) is 7.96. The first-order valence-corrected chi connectivity index (χ1v) is 7.96. The highest BCUT2D eigenvalue weighted by Gasteiger charge is 2.13. The number of amides is 1. The third kappa shape index (κ3) is 4.38. The number of carbonyl (C=O) groups excluding carboxylic acids is 1. The number of rotatable bonds is 6. The molecule has 0 saturated carbocycles. The quantitative estimate of drug-likeness (QED) is 0.739. The summed E-state index contributed by atoms with van der Waals surface area (Å²) in [6.45, 7) is 0.176. The van der Waals surface area contributed by atoms with Gasteiger partial charge >= 0.3 is 0 Å². The van der Waals surface area contributed by atoms with E-state index >= 15 is 0 Å². The van der Waals surface area contributed by atoms with Crippen LogP contribution in [0.2, 0.25) is 0 Å². The number of hydrogen-bond donors (Lipinski definition) is 1. The Bertz CT molecular complexity index is 902. The van der Waals surface area contributed by atoms with E-state index in [2.05, 4.69) is 15.6 Å². The van der Waals surface area contributed by atoms with Crippen LogP contribution < -0.4 is 5.32 Å². The summed E-state index contributed by atoms with van der Waals surface area (Å²) < 4.78 is 28.6. The molecule has 1 N–H and O–H groups in total. The fourth-order valence-corrected chi connectivity index (χ4v) is 2.31. The molecule has 0 aliphatic carbocycles. The standard InChI is InChI=1S/C19H16F2N4O/c20-16-9-4-10-17(21)15(16)12-22-19(26)18-13-25(24-23-18)11-5-8-14-6-2-1-3-7-14/h1-10,13H,11-12H2,(H,22,26). The Kier molecular flexibility index (Phi) is 5.48. The van der Waals surface area contributed by atoms with Crippen molar-refractivity contribution < 1.29 is 13.6 Å². The number of nitrogens with one attached hydrogen (secondary N) is 1. The largest absolute Gasteiger partial charge is 0.346 e. The molecule has 1 aromatic heterocycles. The molecule has 0 bridgehead atoms. The van der Waals surface area contributed by atoms with Gasteiger partial charge in [-0.25, -0.2) is 13.5 Å². The number of halogens is 2. The van der Waals surface area contributed by atoms with Gasteiger partial charge in [-0.3, -0.25) is 4.79 Å². The van der Waals surface area contributed by atoms with Gasteiger partial charge in [0.15, 0.2) is 5.69 Å². The van der Waals surface area contributed by atoms with Crippen LogP contribution >= 0.6 is 0 Å². The fraction of sp³-hybridized carbons (Fsp3) is 0.105. The van der Waals surface area contributed by atoms with Gasteiger partial charge in [-0.15, -0.1) is 5.10 Å². The molecule has 0 radical (unpaired) electrons. The SMILES string of the molecule is O=C(NCc1c(F)cccc1F)c1cn(CC=Cc2ccccc2)nn1. The number of allylic oxidation sites excluding steroid dienone is 1. The molecule has 3 aromatic rings. The number of carbonyl (C=O) groups is 1. The molecule has 0 aliphatic heterocycles. The summed E-state index contributed by atoms with van der Waals surface area (Å²) in [4.78, 5) is 12.1. The van der Waals surface area contributed by atoms with E-state index in [-0.39, 0.29) is 17.8 Å². The molecule has 1 amide bonds. The zero-order chi connectivity index (χ0) is 18.4. The molecular formula is C19H16F2N4O. The highest BCUT2D eigenvalue weighted by Crippen LogP contribution is 2.11. The highest BCUT2D eigenvalue weighted by molar-refractivity contribution is 5.91. The van der Waals surface area contributed by atoms with Crippen LogP contribution in [0.1, 0.15) is 21.6 Å². The van der Waals surface area contributed by atoms with E-state index in [9.17, 15) is 13.6 Å². The average Bonchev–Trinajstić information content (AvgIpc) is 3.11. The fourth-order valence-electron chi connectivity index (χ4n) is 2.31. The van der Waals surface area contributed by atoms with Crippen molar-refractivity contribution in [3.05, 3.63) is 89.3 Å². The number of hydrogen-bond acceptors (Lipinski definition) is 3. The van der Waals surface area contributed by atoms with Gasteiger partial charge in [0.05, 0.1) is 12.7 Å². The second-order valence-corrected chi connectivity index (χ2v) is 5.52. The van der Waals surface area contributed by atoms with Crippen molar-refractivity contribution >= 4 is 12.0 Å². The minimum absolute atomic E-state index is 0.0786. The predicted molar refractivity (Wildman–Crippen MR) is 93.0 cm³/mol. The van der Waals surface area contributed by atoms with Gasteiger partial charge in [0.1, 0.15) is 11.6 Å². The van der Waals surface area contributed by atoms with E-state index in [1.54, 1.807) is 0 Å². The normalized spacial score (nSPS) is 11.0. The summed E-state index contributed by atoms with van der Waals surface area (Å²) in [5.41, 5.74) is 0.936. The third-order valence-corrected chi connectivity index (χ3v) is 3.66. The second kappa shape index (κ2) is 8.15. The topological polar surface area (TPSA) is 59.8 Å². The summed E-state index contributed by atoms with van der Waals surface area (Å²) in [7, 11) is 0. The molecule has 132 valence electrons. The van der Waals surface area contributed by atoms with E-state index < -0.39 is 17.5 Å². The second-order valence-electron chi connectivity index (χ2n) is 5.52. The first-order chi connectivity index (χ1) is 12.6. The minimum Gasteiger partial charge on any atom is -0.346 e. The number of benzene rings is 2. The molecule has 1 heterocycles. The summed E-state index contributed by atoms with van der Waals surface area (Å²) >= 11 is 0. The van der Waals surface area contributed by atoms with Crippen LogP contribution in [0.15, 0.2) is 60.8 Å². The zero-order valence-electron chi connectivity index (χ0n) is 13.8. The van der Waals surface area contributed by atoms with E-state index in [0.717, 1.165) is 17.7 Å². The molecule has 26 heavy (non-hydrogen) atoms. The molecule has 0 saturated heterocycles. The molecule has 2 aromatic carbocycles. The Morgan fingerprint density at radius 1 is 1.08 bits per heavy atom. The Hall–Kier alpha value is -3.35. The molecule has 3 rings (SSSR count). The van der Waals surface area contributed by atoms with Crippen LogP contribution in [0.3, 0.4) is 0 Å². The Morgan fingerprint density at radius 2 is 1.81 bits per heavy atom. The van der Waals surface area contributed by atoms with Gasteiger partial charge in [0, 0.05) is 12.1 Å². The maximum absolute atomic E-state index is 13.6. The molecule has 0 atom stereocenters. The van der Waals surface area contributed by atoms with Crippen molar-refractivity contribution in [3.63, 3.8) is 0 Å². The molecule has 0 fully saturated rings. The van der Waals surface area contributed by atoms with Crippen molar-refractivity contribution in [3.8, 4) is 0 Å². The third-order valence-electron chi connectivity index (χ3n) is 3.66. The zero-order valence-corrected chi connectivity index (χ0v) is 13.8. The summed E-state index contributed by atoms with van der Waals surface area (Å²) in [6, 6.07) is 13.3. The van der Waals surface area contributed by atoms with E-state index in [1.807, 2.05) is 42.5 Å². The van der Waals surface area contributed by atoms with E-state index in [4.69, 9.17) is 0 Å². The Labute approximate surface area is 149 Å². The van der Waals surface area contributed by atoms with Crippen LogP contribution in [-0.2, 0) is 13.1 Å². The Balaban J connectivity index is 1.57. The van der Waals surface area contributed by atoms with Gasteiger partial charge in [0.25, 0.3) is 5.91 Å². The monoisotopic (exact) mass is 354 g/mol. The van der Waals surface area contributed by atoms with Crippen molar-refractivity contribution in [1.29, 1.82) is 0 Å². The summed E-state index contributed by atoms with van der Waals surface area (Å²) in [5, 5.41) is 10.1. The average molecular weight is 354 g/mol. The minimum atomic E-state index is -0.708. The molecular weight excluding hydrogens is 338 g/mol. The molecule has 7 heteroatoms. The van der Waals surface area contributed by atoms with Crippen molar-refractivity contribution in [2.45, 2.75) is 13.1 Å². The molecule has 0 aliphatic rings. The lowest BCUT2D eigenvalue weighted by atomic mass is 10.2. The van der Waals surface area contributed by atoms with E-state index in [1.165, 1.54) is 16.9 Å². The van der Waals surface area contributed by atoms with Crippen molar-refractivity contribution in [1.82, 2.24) is 20.3 Å². The highest BCUT2D eigenvalue weighted by atomic mass is 19.1. The van der Waals surface area contributed by atoms with Crippen LogP contribution in [0.25, 0.3) is 6.08 Å². The van der Waals surface area contributed by atoms with Gasteiger partial charge in [0.2, 0.25) is 0 Å². The molecule has 0 spiro atoms. The lowest BCUT2D eigenvalue weighted by Crippen LogP contribution is -2.24.